The van der Waals surface area contributed by atoms with Crippen LogP contribution in [0.2, 0.25) is 0 Å². The van der Waals surface area contributed by atoms with Crippen LogP contribution in [-0.4, -0.2) is 73.5 Å². The zero-order valence-electron chi connectivity index (χ0n) is 13.7. The van der Waals surface area contributed by atoms with Gasteiger partial charge in [0, 0.05) is 40.3 Å². The zero-order valence-corrected chi connectivity index (χ0v) is 13.7. The van der Waals surface area contributed by atoms with E-state index < -0.39 is 0 Å². The molecule has 0 aromatic carbocycles. The molecule has 0 radical (unpaired) electrons. The number of likely N-dealkylation sites (N-methyl/N-ethyl adjacent to an activating group) is 1. The summed E-state index contributed by atoms with van der Waals surface area (Å²) in [4.78, 5) is 15.9. The first-order chi connectivity index (χ1) is 10.5. The smallest absolute Gasteiger partial charge is 0.271 e. The highest BCUT2D eigenvalue weighted by atomic mass is 16.5. The fraction of sp³-hybridized carbons (Fsp3) is 0.667. The summed E-state index contributed by atoms with van der Waals surface area (Å²) >= 11 is 0. The molecule has 7 nitrogen and oxygen atoms in total. The molecule has 0 unspecified atom stereocenters. The lowest BCUT2D eigenvalue weighted by Gasteiger charge is -2.36. The minimum atomic E-state index is -0.224. The molecule has 2 rings (SSSR count). The lowest BCUT2D eigenvalue weighted by molar-refractivity contribution is -0.0670. The number of amides is 1. The Morgan fingerprint density at radius 2 is 2.05 bits per heavy atom. The summed E-state index contributed by atoms with van der Waals surface area (Å²) in [7, 11) is 3.56. The summed E-state index contributed by atoms with van der Waals surface area (Å²) in [6.45, 7) is 7.94. The Morgan fingerprint density at radius 1 is 1.36 bits per heavy atom. The van der Waals surface area contributed by atoms with Crippen LogP contribution in [0.5, 0.6) is 0 Å². The number of anilines is 1. The second-order valence-electron chi connectivity index (χ2n) is 5.79. The van der Waals surface area contributed by atoms with Crippen molar-refractivity contribution in [1.82, 2.24) is 20.4 Å². The van der Waals surface area contributed by atoms with Crippen molar-refractivity contribution in [1.29, 1.82) is 0 Å². The molecule has 0 saturated carbocycles. The van der Waals surface area contributed by atoms with E-state index in [2.05, 4.69) is 34.3 Å². The molecule has 7 heteroatoms. The van der Waals surface area contributed by atoms with E-state index in [0.717, 1.165) is 32.0 Å². The second kappa shape index (κ2) is 7.51. The maximum Gasteiger partial charge on any atom is 0.271 e. The van der Waals surface area contributed by atoms with Crippen molar-refractivity contribution in [2.45, 2.75) is 26.1 Å². The minimum absolute atomic E-state index is 0.224. The minimum Gasteiger partial charge on any atom is -0.373 e. The molecule has 0 bridgehead atoms. The van der Waals surface area contributed by atoms with Crippen LogP contribution in [0.3, 0.4) is 0 Å². The van der Waals surface area contributed by atoms with E-state index in [9.17, 15) is 4.79 Å². The normalized spacial score (nSPS) is 22.4. The predicted molar refractivity (Wildman–Crippen MR) is 85.1 cm³/mol. The average molecular weight is 307 g/mol. The van der Waals surface area contributed by atoms with Crippen molar-refractivity contribution < 1.29 is 9.53 Å². The number of carbonyl (C=O) groups is 1. The van der Waals surface area contributed by atoms with Crippen LogP contribution in [0.4, 0.5) is 5.82 Å². The fourth-order valence-electron chi connectivity index (χ4n) is 2.65. The standard InChI is InChI=1S/C15H25N5O2/c1-11-9-20(10-12(2)22-11)8-7-19(4)14-6-5-13(17-18-14)15(21)16-3/h5-6,11-12H,7-10H2,1-4H3,(H,16,21)/t11-,12+. The SMILES string of the molecule is CNC(=O)c1ccc(N(C)CCN2C[C@@H](C)O[C@@H](C)C2)nn1. The van der Waals surface area contributed by atoms with Crippen LogP contribution in [0.15, 0.2) is 12.1 Å². The van der Waals surface area contributed by atoms with E-state index in [1.807, 2.05) is 18.0 Å². The molecular formula is C15H25N5O2. The van der Waals surface area contributed by atoms with Crippen LogP contribution in [0, 0.1) is 0 Å². The lowest BCUT2D eigenvalue weighted by atomic mass is 10.2. The van der Waals surface area contributed by atoms with Crippen molar-refractivity contribution in [2.24, 2.45) is 0 Å². The average Bonchev–Trinajstić information content (AvgIpc) is 2.51. The molecule has 1 fully saturated rings. The number of nitrogens with one attached hydrogen (secondary N) is 1. The van der Waals surface area contributed by atoms with Gasteiger partial charge in [0.1, 0.15) is 0 Å². The maximum atomic E-state index is 11.4. The van der Waals surface area contributed by atoms with Gasteiger partial charge in [-0.1, -0.05) is 0 Å². The van der Waals surface area contributed by atoms with Gasteiger partial charge in [-0.05, 0) is 26.0 Å². The summed E-state index contributed by atoms with van der Waals surface area (Å²) < 4.78 is 5.74. The Morgan fingerprint density at radius 3 is 2.59 bits per heavy atom. The van der Waals surface area contributed by atoms with Crippen LogP contribution >= 0.6 is 0 Å². The third-order valence-electron chi connectivity index (χ3n) is 3.75. The summed E-state index contributed by atoms with van der Waals surface area (Å²) in [5.74, 6) is 0.542. The maximum absolute atomic E-state index is 11.4. The highest BCUT2D eigenvalue weighted by Crippen LogP contribution is 2.12. The molecule has 22 heavy (non-hydrogen) atoms. The van der Waals surface area contributed by atoms with E-state index in [1.54, 1.807) is 13.1 Å². The van der Waals surface area contributed by atoms with Crippen molar-refractivity contribution >= 4 is 11.7 Å². The monoisotopic (exact) mass is 307 g/mol. The molecule has 1 N–H and O–H groups in total. The van der Waals surface area contributed by atoms with Gasteiger partial charge in [0.05, 0.1) is 12.2 Å². The molecule has 0 spiro atoms. The number of carbonyl (C=O) groups excluding carboxylic acids is 1. The van der Waals surface area contributed by atoms with Gasteiger partial charge in [0.15, 0.2) is 11.5 Å². The molecule has 2 atom stereocenters. The van der Waals surface area contributed by atoms with Gasteiger partial charge in [-0.2, -0.15) is 0 Å². The molecule has 1 aliphatic heterocycles. The van der Waals surface area contributed by atoms with Gasteiger partial charge in [-0.25, -0.2) is 0 Å². The van der Waals surface area contributed by atoms with E-state index in [1.165, 1.54) is 0 Å². The summed E-state index contributed by atoms with van der Waals surface area (Å²) in [5, 5.41) is 10.6. The summed E-state index contributed by atoms with van der Waals surface area (Å²) in [6, 6.07) is 3.51. The third-order valence-corrected chi connectivity index (χ3v) is 3.75. The second-order valence-corrected chi connectivity index (χ2v) is 5.79. The van der Waals surface area contributed by atoms with Gasteiger partial charge in [0.2, 0.25) is 0 Å². The first-order valence-corrected chi connectivity index (χ1v) is 7.64. The summed E-state index contributed by atoms with van der Waals surface area (Å²) in [6.07, 6.45) is 0.557. The van der Waals surface area contributed by atoms with Gasteiger partial charge >= 0.3 is 0 Å². The van der Waals surface area contributed by atoms with Crippen LogP contribution < -0.4 is 10.2 Å². The molecule has 2 heterocycles. The quantitative estimate of drug-likeness (QED) is 0.848. The topological polar surface area (TPSA) is 70.6 Å². The Labute approximate surface area is 131 Å². The van der Waals surface area contributed by atoms with Crippen molar-refractivity contribution in [3.8, 4) is 0 Å². The Hall–Kier alpha value is -1.73. The van der Waals surface area contributed by atoms with Crippen molar-refractivity contribution in [3.63, 3.8) is 0 Å². The van der Waals surface area contributed by atoms with E-state index in [-0.39, 0.29) is 18.1 Å². The van der Waals surface area contributed by atoms with Gasteiger partial charge < -0.3 is 15.0 Å². The van der Waals surface area contributed by atoms with Crippen LogP contribution in [0.1, 0.15) is 24.3 Å². The number of rotatable bonds is 5. The Bertz CT molecular complexity index is 483. The fourth-order valence-corrected chi connectivity index (χ4v) is 2.65. The van der Waals surface area contributed by atoms with Crippen LogP contribution in [-0.2, 0) is 4.74 Å². The number of nitrogens with zero attached hydrogens (tertiary/aromatic N) is 4. The first kappa shape index (κ1) is 16.6. The van der Waals surface area contributed by atoms with Crippen LogP contribution in [0.25, 0.3) is 0 Å². The van der Waals surface area contributed by atoms with Gasteiger partial charge in [0.25, 0.3) is 5.91 Å². The molecule has 1 aliphatic rings. The highest BCUT2D eigenvalue weighted by molar-refractivity contribution is 5.91. The molecule has 1 amide bonds. The van der Waals surface area contributed by atoms with Crippen molar-refractivity contribution in [3.05, 3.63) is 17.8 Å². The predicted octanol–water partition coefficient (Wildman–Crippen LogP) is 0.382. The number of ether oxygens (including phenoxy) is 1. The number of hydrogen-bond donors (Lipinski definition) is 1. The lowest BCUT2D eigenvalue weighted by Crippen LogP contribution is -2.47. The molecule has 122 valence electrons. The zero-order chi connectivity index (χ0) is 16.1. The molecule has 1 aromatic heterocycles. The van der Waals surface area contributed by atoms with E-state index >= 15 is 0 Å². The summed E-state index contributed by atoms with van der Waals surface area (Å²) in [5.41, 5.74) is 0.329. The molecule has 1 aromatic rings. The Kier molecular flexibility index (Phi) is 5.68. The van der Waals surface area contributed by atoms with Gasteiger partial charge in [-0.3, -0.25) is 9.69 Å². The largest absolute Gasteiger partial charge is 0.373 e. The van der Waals surface area contributed by atoms with Gasteiger partial charge in [-0.15, -0.1) is 10.2 Å². The molecular weight excluding hydrogens is 282 g/mol. The number of aromatic nitrogens is 2. The van der Waals surface area contributed by atoms with E-state index in [0.29, 0.717) is 5.69 Å². The Balaban J connectivity index is 1.86. The molecule has 0 aliphatic carbocycles. The number of morpholine rings is 1. The number of hydrogen-bond acceptors (Lipinski definition) is 6. The van der Waals surface area contributed by atoms with Crippen molar-refractivity contribution in [2.75, 3.05) is 45.2 Å². The molecule has 1 saturated heterocycles. The highest BCUT2D eigenvalue weighted by Gasteiger charge is 2.22. The van der Waals surface area contributed by atoms with E-state index in [4.69, 9.17) is 4.74 Å². The first-order valence-electron chi connectivity index (χ1n) is 7.64. The third kappa shape index (κ3) is 4.38.